The summed E-state index contributed by atoms with van der Waals surface area (Å²) in [7, 11) is 0. The zero-order valence-corrected chi connectivity index (χ0v) is 13.9. The highest BCUT2D eigenvalue weighted by atomic mass is 35.5. The third-order valence-electron chi connectivity index (χ3n) is 4.81. The van der Waals surface area contributed by atoms with Crippen molar-refractivity contribution in [2.45, 2.75) is 38.7 Å². The average molecular weight is 308 g/mol. The van der Waals surface area contributed by atoms with Gasteiger partial charge in [-0.1, -0.05) is 37.6 Å². The van der Waals surface area contributed by atoms with E-state index in [4.69, 9.17) is 16.3 Å². The van der Waals surface area contributed by atoms with E-state index in [1.165, 1.54) is 25.1 Å². The van der Waals surface area contributed by atoms with Gasteiger partial charge in [0.05, 0.1) is 12.7 Å². The van der Waals surface area contributed by atoms with E-state index in [0.29, 0.717) is 12.0 Å². The fraction of sp³-hybridized carbons (Fsp3) is 0.667. The highest BCUT2D eigenvalue weighted by Gasteiger charge is 2.30. The largest absolute Gasteiger partial charge is 0.376 e. The number of hydrogen-bond acceptors (Lipinski definition) is 2. The Morgan fingerprint density at radius 1 is 1.19 bits per heavy atom. The smallest absolute Gasteiger partial charge is 0.0708 e. The first-order chi connectivity index (χ1) is 10.1. The molecule has 0 aromatic heterocycles. The molecule has 116 valence electrons. The lowest BCUT2D eigenvalue weighted by atomic mass is 9.91. The molecule has 3 rings (SSSR count). The molecule has 2 aliphatic heterocycles. The molecule has 0 bridgehead atoms. The Morgan fingerprint density at radius 3 is 2.67 bits per heavy atom. The molecule has 4 atom stereocenters. The molecule has 0 aliphatic carbocycles. The van der Waals surface area contributed by atoms with Crippen LogP contribution in [0.2, 0.25) is 5.02 Å². The Morgan fingerprint density at radius 2 is 1.95 bits per heavy atom. The number of benzene rings is 1. The van der Waals surface area contributed by atoms with Crippen molar-refractivity contribution in [2.75, 3.05) is 26.2 Å². The zero-order chi connectivity index (χ0) is 14.8. The van der Waals surface area contributed by atoms with Crippen molar-refractivity contribution in [3.63, 3.8) is 0 Å². The molecule has 21 heavy (non-hydrogen) atoms. The lowest BCUT2D eigenvalue weighted by Crippen LogP contribution is -2.42. The number of halogens is 1. The third-order valence-corrected chi connectivity index (χ3v) is 5.04. The van der Waals surface area contributed by atoms with Crippen molar-refractivity contribution in [3.8, 4) is 0 Å². The monoisotopic (exact) mass is 307 g/mol. The average Bonchev–Trinajstić information content (AvgIpc) is 2.86. The second-order valence-electron chi connectivity index (χ2n) is 7.11. The van der Waals surface area contributed by atoms with Crippen LogP contribution in [0, 0.1) is 11.8 Å². The lowest BCUT2D eigenvalue weighted by Gasteiger charge is -2.36. The third kappa shape index (κ3) is 4.00. The normalized spacial score (nSPS) is 34.2. The first kappa shape index (κ1) is 15.3. The molecule has 3 heteroatoms. The van der Waals surface area contributed by atoms with E-state index in [9.17, 15) is 0 Å². The van der Waals surface area contributed by atoms with Crippen molar-refractivity contribution in [2.24, 2.45) is 11.8 Å². The molecule has 0 amide bonds. The van der Waals surface area contributed by atoms with Gasteiger partial charge in [0.1, 0.15) is 0 Å². The second kappa shape index (κ2) is 6.68. The quantitative estimate of drug-likeness (QED) is 0.830. The first-order valence-corrected chi connectivity index (χ1v) is 8.57. The SMILES string of the molecule is C[C@@H]1C[C@H](C)CN(CC2CC(c3cccc(Cl)c3)CO2)C1. The van der Waals surface area contributed by atoms with Gasteiger partial charge >= 0.3 is 0 Å². The molecular formula is C18H26ClNO. The van der Waals surface area contributed by atoms with Gasteiger partial charge < -0.3 is 9.64 Å². The van der Waals surface area contributed by atoms with Gasteiger partial charge in [-0.15, -0.1) is 0 Å². The van der Waals surface area contributed by atoms with Crippen LogP contribution in [0.4, 0.5) is 0 Å². The summed E-state index contributed by atoms with van der Waals surface area (Å²) in [6.07, 6.45) is 2.87. The predicted molar refractivity (Wildman–Crippen MR) is 87.9 cm³/mol. The van der Waals surface area contributed by atoms with Gasteiger partial charge in [0, 0.05) is 30.6 Å². The molecule has 2 saturated heterocycles. The van der Waals surface area contributed by atoms with Gasteiger partial charge in [0.25, 0.3) is 0 Å². The van der Waals surface area contributed by atoms with Crippen LogP contribution in [0.25, 0.3) is 0 Å². The Labute approximate surface area is 133 Å². The van der Waals surface area contributed by atoms with Crippen molar-refractivity contribution in [3.05, 3.63) is 34.9 Å². The van der Waals surface area contributed by atoms with Gasteiger partial charge in [-0.3, -0.25) is 0 Å². The number of nitrogens with zero attached hydrogens (tertiary/aromatic N) is 1. The Balaban J connectivity index is 1.55. The Kier molecular flexibility index (Phi) is 4.88. The maximum absolute atomic E-state index is 6.10. The van der Waals surface area contributed by atoms with Crippen LogP contribution in [0.5, 0.6) is 0 Å². The van der Waals surface area contributed by atoms with Crippen molar-refractivity contribution < 1.29 is 4.74 Å². The number of piperidine rings is 1. The van der Waals surface area contributed by atoms with E-state index < -0.39 is 0 Å². The lowest BCUT2D eigenvalue weighted by molar-refractivity contribution is 0.0470. The van der Waals surface area contributed by atoms with Gasteiger partial charge in [-0.2, -0.15) is 0 Å². The van der Waals surface area contributed by atoms with Crippen LogP contribution in [-0.4, -0.2) is 37.2 Å². The molecule has 2 aliphatic rings. The second-order valence-corrected chi connectivity index (χ2v) is 7.54. The van der Waals surface area contributed by atoms with E-state index in [1.54, 1.807) is 0 Å². The van der Waals surface area contributed by atoms with Crippen LogP contribution in [-0.2, 0) is 4.74 Å². The summed E-state index contributed by atoms with van der Waals surface area (Å²) in [6.45, 7) is 9.12. The molecule has 2 nitrogen and oxygen atoms in total. The van der Waals surface area contributed by atoms with E-state index in [2.05, 4.69) is 30.9 Å². The van der Waals surface area contributed by atoms with Gasteiger partial charge in [-0.25, -0.2) is 0 Å². The van der Waals surface area contributed by atoms with Crippen molar-refractivity contribution in [1.82, 2.24) is 4.90 Å². The molecule has 2 heterocycles. The molecule has 2 fully saturated rings. The van der Waals surface area contributed by atoms with E-state index in [1.807, 2.05) is 12.1 Å². The molecule has 0 spiro atoms. The summed E-state index contributed by atoms with van der Waals surface area (Å²) in [5.74, 6) is 2.14. The van der Waals surface area contributed by atoms with Crippen molar-refractivity contribution >= 4 is 11.6 Å². The minimum Gasteiger partial charge on any atom is -0.376 e. The number of rotatable bonds is 3. The summed E-state index contributed by atoms with van der Waals surface area (Å²) >= 11 is 6.10. The molecule has 1 aromatic rings. The van der Waals surface area contributed by atoms with Crippen LogP contribution in [0.3, 0.4) is 0 Å². The maximum Gasteiger partial charge on any atom is 0.0708 e. The Hall–Kier alpha value is -0.570. The van der Waals surface area contributed by atoms with Crippen LogP contribution >= 0.6 is 11.6 Å². The Bertz CT molecular complexity index is 468. The van der Waals surface area contributed by atoms with Crippen molar-refractivity contribution in [1.29, 1.82) is 0 Å². The summed E-state index contributed by atoms with van der Waals surface area (Å²) in [4.78, 5) is 2.60. The number of hydrogen-bond donors (Lipinski definition) is 0. The fourth-order valence-electron chi connectivity index (χ4n) is 4.05. The summed E-state index contributed by atoms with van der Waals surface area (Å²) < 4.78 is 6.05. The molecular weight excluding hydrogens is 282 g/mol. The summed E-state index contributed by atoms with van der Waals surface area (Å²) in [5.41, 5.74) is 1.32. The molecule has 1 aromatic carbocycles. The number of ether oxygens (including phenoxy) is 1. The zero-order valence-electron chi connectivity index (χ0n) is 13.1. The topological polar surface area (TPSA) is 12.5 Å². The van der Waals surface area contributed by atoms with Gasteiger partial charge in [0.15, 0.2) is 0 Å². The van der Waals surface area contributed by atoms with Crippen LogP contribution in [0.15, 0.2) is 24.3 Å². The van der Waals surface area contributed by atoms with E-state index in [-0.39, 0.29) is 0 Å². The minimum absolute atomic E-state index is 0.381. The summed E-state index contributed by atoms with van der Waals surface area (Å²) in [6, 6.07) is 8.24. The maximum atomic E-state index is 6.10. The minimum atomic E-state index is 0.381. The fourth-order valence-corrected chi connectivity index (χ4v) is 4.25. The van der Waals surface area contributed by atoms with E-state index in [0.717, 1.165) is 36.4 Å². The number of likely N-dealkylation sites (tertiary alicyclic amines) is 1. The highest BCUT2D eigenvalue weighted by molar-refractivity contribution is 6.30. The molecule has 0 N–H and O–H groups in total. The van der Waals surface area contributed by atoms with E-state index >= 15 is 0 Å². The standard InChI is InChI=1S/C18H26ClNO/c1-13-6-14(2)10-20(9-13)11-18-8-16(12-21-18)15-4-3-5-17(19)7-15/h3-5,7,13-14,16,18H,6,8-12H2,1-2H3/t13-,14+,16?,18?. The highest BCUT2D eigenvalue weighted by Crippen LogP contribution is 2.32. The van der Waals surface area contributed by atoms with Crippen LogP contribution < -0.4 is 0 Å². The van der Waals surface area contributed by atoms with Gasteiger partial charge in [0.2, 0.25) is 0 Å². The molecule has 0 saturated carbocycles. The first-order valence-electron chi connectivity index (χ1n) is 8.19. The predicted octanol–water partition coefficient (Wildman–Crippen LogP) is 4.19. The molecule has 2 unspecified atom stereocenters. The van der Waals surface area contributed by atoms with Crippen LogP contribution in [0.1, 0.15) is 38.2 Å². The molecule has 0 radical (unpaired) electrons. The van der Waals surface area contributed by atoms with Gasteiger partial charge in [-0.05, 0) is 42.4 Å². The summed E-state index contributed by atoms with van der Waals surface area (Å²) in [5, 5.41) is 0.828.